The quantitative estimate of drug-likeness (QED) is 0.333. The highest BCUT2D eigenvalue weighted by molar-refractivity contribution is 7.94. The van der Waals surface area contributed by atoms with Crippen LogP contribution in [0, 0.1) is 0 Å². The molecule has 3 aromatic carbocycles. The predicted octanol–water partition coefficient (Wildman–Crippen LogP) is 3.83. The SMILES string of the molecule is O=C1N[C@@H](Cc2ccccc2)C(=O)N2[C@H]1C[C@H]1c3ccccc3N(OOSc3ccccc3)[C@H]12. The highest BCUT2D eigenvalue weighted by Crippen LogP contribution is 2.51. The topological polar surface area (TPSA) is 71.1 Å². The van der Waals surface area contributed by atoms with Gasteiger partial charge < -0.3 is 10.2 Å². The summed E-state index contributed by atoms with van der Waals surface area (Å²) in [5.74, 6) is -0.262. The molecule has 7 nitrogen and oxygen atoms in total. The first-order valence-corrected chi connectivity index (χ1v) is 12.1. The molecule has 1 N–H and O–H groups in total. The fourth-order valence-electron chi connectivity index (χ4n) is 5.22. The minimum absolute atomic E-state index is 0.0447. The number of hydrogen-bond donors (Lipinski definition) is 1. The van der Waals surface area contributed by atoms with Crippen molar-refractivity contribution in [2.45, 2.75) is 41.9 Å². The van der Waals surface area contributed by atoms with Crippen molar-refractivity contribution in [2.24, 2.45) is 0 Å². The maximum Gasteiger partial charge on any atom is 0.247 e. The Morgan fingerprint density at radius 2 is 1.62 bits per heavy atom. The highest BCUT2D eigenvalue weighted by atomic mass is 32.2. The van der Waals surface area contributed by atoms with E-state index in [0.29, 0.717) is 12.8 Å². The lowest BCUT2D eigenvalue weighted by Crippen LogP contribution is -2.65. The summed E-state index contributed by atoms with van der Waals surface area (Å²) in [6.45, 7) is 0. The van der Waals surface area contributed by atoms with Crippen LogP contribution in [0.1, 0.15) is 23.5 Å². The second-order valence-electron chi connectivity index (χ2n) is 8.69. The fraction of sp³-hybridized carbons (Fsp3) is 0.231. The monoisotopic (exact) mass is 473 g/mol. The number of amides is 2. The lowest BCUT2D eigenvalue weighted by molar-refractivity contribution is -0.218. The van der Waals surface area contributed by atoms with E-state index in [-0.39, 0.29) is 17.7 Å². The molecule has 8 heteroatoms. The number of piperazine rings is 1. The molecule has 3 heterocycles. The van der Waals surface area contributed by atoms with Gasteiger partial charge in [-0.2, -0.15) is 5.06 Å². The number of carbonyl (C=O) groups is 2. The van der Waals surface area contributed by atoms with Crippen LogP contribution in [-0.2, 0) is 25.3 Å². The maximum absolute atomic E-state index is 13.7. The van der Waals surface area contributed by atoms with Crippen molar-refractivity contribution in [1.82, 2.24) is 10.2 Å². The minimum atomic E-state index is -0.616. The van der Waals surface area contributed by atoms with Crippen LogP contribution in [0.4, 0.5) is 5.69 Å². The summed E-state index contributed by atoms with van der Waals surface area (Å²) in [6, 6.07) is 26.1. The van der Waals surface area contributed by atoms with Gasteiger partial charge in [0.05, 0.1) is 17.7 Å². The molecule has 3 aromatic rings. The average Bonchev–Trinajstić information content (AvgIpc) is 3.40. The Kier molecular flexibility index (Phi) is 5.49. The summed E-state index contributed by atoms with van der Waals surface area (Å²) in [7, 11) is 0. The van der Waals surface area contributed by atoms with Gasteiger partial charge in [-0.25, -0.2) is 0 Å². The molecule has 0 saturated carbocycles. The van der Waals surface area contributed by atoms with Crippen molar-refractivity contribution in [2.75, 3.05) is 5.06 Å². The number of para-hydroxylation sites is 1. The predicted molar refractivity (Wildman–Crippen MR) is 127 cm³/mol. The normalized spacial score (nSPS) is 25.1. The molecule has 0 unspecified atom stereocenters. The molecule has 0 aromatic heterocycles. The first kappa shape index (κ1) is 21.2. The van der Waals surface area contributed by atoms with Crippen LogP contribution in [0.15, 0.2) is 89.8 Å². The number of anilines is 1. The number of carbonyl (C=O) groups excluding carboxylic acids is 2. The van der Waals surface area contributed by atoms with E-state index in [4.69, 9.17) is 9.32 Å². The van der Waals surface area contributed by atoms with Crippen LogP contribution >= 0.6 is 12.0 Å². The van der Waals surface area contributed by atoms with Gasteiger partial charge in [-0.1, -0.05) is 71.7 Å². The molecular formula is C26H23N3O4S. The van der Waals surface area contributed by atoms with E-state index in [9.17, 15) is 9.59 Å². The lowest BCUT2D eigenvalue weighted by Gasteiger charge is -2.40. The molecule has 2 amide bonds. The Labute approximate surface area is 201 Å². The molecule has 2 fully saturated rings. The summed E-state index contributed by atoms with van der Waals surface area (Å²) >= 11 is 1.10. The van der Waals surface area contributed by atoms with Crippen LogP contribution in [0.5, 0.6) is 0 Å². The Morgan fingerprint density at radius 1 is 0.912 bits per heavy atom. The fourth-order valence-corrected chi connectivity index (χ4v) is 5.67. The number of hydroxylamine groups is 1. The molecule has 3 aliphatic rings. The van der Waals surface area contributed by atoms with Crippen LogP contribution in [0.25, 0.3) is 0 Å². The molecule has 6 rings (SSSR count). The van der Waals surface area contributed by atoms with Crippen LogP contribution in [0.3, 0.4) is 0 Å². The zero-order valence-corrected chi connectivity index (χ0v) is 19.1. The molecule has 34 heavy (non-hydrogen) atoms. The summed E-state index contributed by atoms with van der Waals surface area (Å²) in [4.78, 5) is 35.1. The van der Waals surface area contributed by atoms with Gasteiger partial charge in [0, 0.05) is 17.2 Å². The van der Waals surface area contributed by atoms with Gasteiger partial charge in [-0.3, -0.25) is 9.59 Å². The Morgan fingerprint density at radius 3 is 2.41 bits per heavy atom. The highest BCUT2D eigenvalue weighted by Gasteiger charge is 2.58. The van der Waals surface area contributed by atoms with Crippen molar-refractivity contribution < 1.29 is 18.9 Å². The molecule has 172 valence electrons. The molecule has 4 atom stereocenters. The van der Waals surface area contributed by atoms with E-state index in [2.05, 4.69) is 5.32 Å². The smallest absolute Gasteiger partial charge is 0.247 e. The van der Waals surface area contributed by atoms with Gasteiger partial charge in [-0.15, -0.1) is 4.33 Å². The van der Waals surface area contributed by atoms with E-state index in [1.807, 2.05) is 84.9 Å². The third-order valence-corrected chi connectivity index (χ3v) is 7.30. The molecule has 0 bridgehead atoms. The number of hydrogen-bond acceptors (Lipinski definition) is 6. The Balaban J connectivity index is 1.27. The van der Waals surface area contributed by atoms with Gasteiger partial charge in [-0.05, 0) is 35.7 Å². The third-order valence-electron chi connectivity index (χ3n) is 6.71. The Hall–Kier alpha value is -3.33. The van der Waals surface area contributed by atoms with Gasteiger partial charge >= 0.3 is 0 Å². The number of nitrogens with one attached hydrogen (secondary N) is 1. The molecule has 0 radical (unpaired) electrons. The zero-order valence-electron chi connectivity index (χ0n) is 18.2. The van der Waals surface area contributed by atoms with E-state index < -0.39 is 18.2 Å². The number of benzene rings is 3. The number of nitrogens with zero attached hydrogens (tertiary/aromatic N) is 2. The van der Waals surface area contributed by atoms with Crippen molar-refractivity contribution >= 4 is 29.5 Å². The number of fused-ring (bicyclic) bond motifs is 5. The van der Waals surface area contributed by atoms with E-state index in [0.717, 1.165) is 33.8 Å². The second-order valence-corrected chi connectivity index (χ2v) is 9.47. The average molecular weight is 474 g/mol. The van der Waals surface area contributed by atoms with E-state index >= 15 is 0 Å². The van der Waals surface area contributed by atoms with Crippen LogP contribution < -0.4 is 10.4 Å². The summed E-state index contributed by atoms with van der Waals surface area (Å²) < 4.78 is 5.54. The molecule has 3 aliphatic heterocycles. The van der Waals surface area contributed by atoms with Crippen molar-refractivity contribution in [3.05, 3.63) is 96.1 Å². The van der Waals surface area contributed by atoms with Gasteiger partial charge in [0.15, 0.2) is 0 Å². The van der Waals surface area contributed by atoms with Crippen molar-refractivity contribution in [3.63, 3.8) is 0 Å². The molecule has 2 saturated heterocycles. The maximum atomic E-state index is 13.7. The second kappa shape index (κ2) is 8.79. The van der Waals surface area contributed by atoms with Gasteiger partial charge in [0.25, 0.3) is 0 Å². The number of rotatable bonds is 6. The van der Waals surface area contributed by atoms with E-state index in [1.54, 1.807) is 9.96 Å². The van der Waals surface area contributed by atoms with Crippen LogP contribution in [0.2, 0.25) is 0 Å². The standard InChI is InChI=1S/C26H23N3O4S/c30-24-23-16-20-19-13-7-8-14-22(19)29(32-33-34-18-11-5-2-6-12-18)25(20)28(23)26(31)21(27-24)15-17-9-3-1-4-10-17/h1-14,20-21,23,25H,15-16H2,(H,27,30)/t20-,21-,23-,25+/m0/s1. The lowest BCUT2D eigenvalue weighted by atomic mass is 9.96. The van der Waals surface area contributed by atoms with Crippen molar-refractivity contribution in [1.29, 1.82) is 0 Å². The van der Waals surface area contributed by atoms with Crippen LogP contribution in [-0.4, -0.2) is 35.0 Å². The largest absolute Gasteiger partial charge is 0.342 e. The molecule has 0 spiro atoms. The first-order valence-electron chi connectivity index (χ1n) is 11.3. The molecule has 0 aliphatic carbocycles. The van der Waals surface area contributed by atoms with Gasteiger partial charge in [0.2, 0.25) is 11.8 Å². The first-order chi connectivity index (χ1) is 16.7. The van der Waals surface area contributed by atoms with E-state index in [1.165, 1.54) is 0 Å². The Bertz CT molecular complexity index is 1210. The van der Waals surface area contributed by atoms with Crippen molar-refractivity contribution in [3.8, 4) is 0 Å². The minimum Gasteiger partial charge on any atom is -0.342 e. The summed E-state index contributed by atoms with van der Waals surface area (Å²) in [5, 5.41) is 4.60. The molecular weight excluding hydrogens is 450 g/mol. The zero-order chi connectivity index (χ0) is 23.1. The third kappa shape index (κ3) is 3.64. The van der Waals surface area contributed by atoms with Gasteiger partial charge in [0.1, 0.15) is 18.2 Å². The summed E-state index contributed by atoms with van der Waals surface area (Å²) in [6.07, 6.45) is 0.541. The summed E-state index contributed by atoms with van der Waals surface area (Å²) in [5.41, 5.74) is 2.90.